The number of quaternary nitrogens is 1. The predicted octanol–water partition coefficient (Wildman–Crippen LogP) is 16.3. The average Bonchev–Trinajstić information content (AvgIpc) is 4.12. The van der Waals surface area contributed by atoms with Crippen LogP contribution in [0.25, 0.3) is 291 Å². The molecule has 0 saturated carbocycles. The zero-order valence-electron chi connectivity index (χ0n) is 33.3. The normalized spacial score (nSPS) is 25.8. The zero-order valence-corrected chi connectivity index (χ0v) is 33.3. The molecule has 4 aliphatic carbocycles. The Morgan fingerprint density at radius 1 is 0.200 bits per heavy atom. The van der Waals surface area contributed by atoms with Gasteiger partial charge in [-0.25, -0.2) is 0 Å². The molecule has 0 atom stereocenters. The molecule has 33 rings (SSSR count). The van der Waals surface area contributed by atoms with Crippen molar-refractivity contribution < 1.29 is 4.65 Å². The average molecular weight is 794 g/mol. The largest absolute Gasteiger partial charge is 0.633 e. The topological polar surface area (TPSA) is 23.1 Å². The fourth-order valence-corrected chi connectivity index (χ4v) is 25.2. The summed E-state index contributed by atoms with van der Waals surface area (Å²) in [6.07, 6.45) is 0. The van der Waals surface area contributed by atoms with Gasteiger partial charge >= 0.3 is 0 Å². The third-order valence-corrected chi connectivity index (χ3v) is 24.8. The van der Waals surface area contributed by atoms with Gasteiger partial charge in [0.05, 0.1) is 31.0 Å². The smallest absolute Gasteiger partial charge is 0.0937 e. The maximum atomic E-state index is 16.1. The molecule has 28 aromatic rings. The van der Waals surface area contributed by atoms with Gasteiger partial charge in [-0.05, 0) is 313 Å². The van der Waals surface area contributed by atoms with E-state index in [2.05, 4.69) is 7.05 Å². The van der Waals surface area contributed by atoms with Crippen molar-refractivity contribution in [2.45, 2.75) is 10.8 Å². The summed E-state index contributed by atoms with van der Waals surface area (Å²) >= 11 is 0. The Hall–Kier alpha value is -7.62. The van der Waals surface area contributed by atoms with Crippen LogP contribution >= 0.6 is 0 Å². The second-order valence-corrected chi connectivity index (χ2v) is 25.2. The molecule has 0 radical (unpaired) electrons. The molecule has 28 aromatic carbocycles. The van der Waals surface area contributed by atoms with E-state index < -0.39 is 10.8 Å². The molecule has 2 spiro atoms. The lowest BCUT2D eigenvalue weighted by Gasteiger charge is -2.47. The monoisotopic (exact) mass is 793 g/mol. The SMILES string of the molecule is C[N+]1([O-])CC23c4c5c6c7c8c9c(c%10c%11c2c2c4c4c%12c5c5c6c6c8c8c%13c9c9c%10c%10c%11c%11c2c2c4c4c%12c%12c5c5c6c8c6c8c%13c9c9c%10c%10c%11c2c2c4c4c%12c5c6c5c8c9c%10c2c45)C73C1. The van der Waals surface area contributed by atoms with E-state index >= 15 is 5.21 Å². The van der Waals surface area contributed by atoms with Gasteiger partial charge in [0.15, 0.2) is 0 Å². The third kappa shape index (κ3) is 1.17. The lowest BCUT2D eigenvalue weighted by molar-refractivity contribution is -0.850. The van der Waals surface area contributed by atoms with E-state index in [1.807, 2.05) is 0 Å². The summed E-state index contributed by atoms with van der Waals surface area (Å²) in [5.74, 6) is 0. The standard InChI is InChI=1S/C63H7NO/c1-64(65)2-62-58-50-42-32-22-14-6-4-5-8-12-10(6)18-26-20(12)30-24-16(8)17-9(5)13-11-7(4)15(14)23-29-19(11)27-21(13)31-25(17)35-34(24)44-38(30)48-40(26)46(36(42)28(18)22)54(58)56(48)60-52(44)53-45(35)39(31)49-41(27)47-37(29)43(33(23)32)51(50)59(62)55(47)57(49)61(53)63(60,62)3-64/h2-3H2,1H3. The molecule has 0 unspecified atom stereocenters. The summed E-state index contributed by atoms with van der Waals surface area (Å²) in [6.45, 7) is 1.28. The number of hydrogen-bond donors (Lipinski definition) is 0. The highest BCUT2D eigenvalue weighted by Gasteiger charge is 2.75. The third-order valence-electron chi connectivity index (χ3n) is 24.8. The van der Waals surface area contributed by atoms with Crippen LogP contribution in [0.4, 0.5) is 0 Å². The number of likely N-dealkylation sites (N-methyl/N-ethyl adjacent to an activating group) is 1. The van der Waals surface area contributed by atoms with E-state index in [9.17, 15) is 0 Å². The van der Waals surface area contributed by atoms with Crippen molar-refractivity contribution in [3.63, 3.8) is 0 Å². The Morgan fingerprint density at radius 3 is 0.400 bits per heavy atom. The summed E-state index contributed by atoms with van der Waals surface area (Å²) in [5.41, 5.74) is 5.70. The van der Waals surface area contributed by atoms with Gasteiger partial charge in [-0.15, -0.1) is 0 Å². The molecule has 1 fully saturated rings. The molecule has 270 valence electrons. The predicted molar refractivity (Wildman–Crippen MR) is 273 cm³/mol. The van der Waals surface area contributed by atoms with Gasteiger partial charge in [-0.1, -0.05) is 0 Å². The Labute approximate surface area is 352 Å². The molecule has 0 N–H and O–H groups in total. The van der Waals surface area contributed by atoms with Crippen molar-refractivity contribution in [3.05, 3.63) is 27.5 Å². The van der Waals surface area contributed by atoms with Crippen LogP contribution in [-0.4, -0.2) is 24.8 Å². The molecule has 1 saturated heterocycles. The van der Waals surface area contributed by atoms with E-state index in [1.54, 1.807) is 313 Å². The Kier molecular flexibility index (Phi) is 1.79. The van der Waals surface area contributed by atoms with Gasteiger partial charge < -0.3 is 9.85 Å². The number of nitrogens with zero attached hydrogens (tertiary/aromatic N) is 1. The second kappa shape index (κ2) is 4.98. The van der Waals surface area contributed by atoms with Crippen molar-refractivity contribution >= 4 is 291 Å². The van der Waals surface area contributed by atoms with Crippen LogP contribution in [0.15, 0.2) is 0 Å². The summed E-state index contributed by atoms with van der Waals surface area (Å²) in [4.78, 5) is 0. The molecular weight excluding hydrogens is 787 g/mol. The van der Waals surface area contributed by atoms with Crippen LogP contribution in [0.1, 0.15) is 22.3 Å². The summed E-state index contributed by atoms with van der Waals surface area (Å²) in [5, 5.41) is 104. The Balaban J connectivity index is 1.28. The molecule has 1 aliphatic heterocycles. The number of rotatable bonds is 0. The van der Waals surface area contributed by atoms with Gasteiger partial charge in [0.1, 0.15) is 0 Å². The molecule has 2 nitrogen and oxygen atoms in total. The van der Waals surface area contributed by atoms with Crippen molar-refractivity contribution in [1.82, 2.24) is 0 Å². The van der Waals surface area contributed by atoms with Crippen LogP contribution in [0.2, 0.25) is 0 Å². The molecule has 0 bridgehead atoms. The minimum Gasteiger partial charge on any atom is -0.633 e. The molecular formula is C63H7NO. The van der Waals surface area contributed by atoms with E-state index in [4.69, 9.17) is 0 Å². The van der Waals surface area contributed by atoms with Gasteiger partial charge in [-0.2, -0.15) is 0 Å². The van der Waals surface area contributed by atoms with E-state index in [1.165, 1.54) is 0 Å². The van der Waals surface area contributed by atoms with Crippen LogP contribution < -0.4 is 0 Å². The van der Waals surface area contributed by atoms with E-state index in [-0.39, 0.29) is 4.65 Å². The maximum Gasteiger partial charge on any atom is 0.0937 e. The number of hydrogen-bond acceptors (Lipinski definition) is 1. The number of hydroxylamine groups is 3. The van der Waals surface area contributed by atoms with Gasteiger partial charge in [0.25, 0.3) is 0 Å². The van der Waals surface area contributed by atoms with Crippen LogP contribution in [-0.2, 0) is 10.8 Å². The molecule has 0 aromatic heterocycles. The van der Waals surface area contributed by atoms with Crippen LogP contribution in [0, 0.1) is 5.21 Å². The molecule has 5 aliphatic rings. The maximum absolute atomic E-state index is 16.1. The first-order chi connectivity index (χ1) is 32.2. The summed E-state index contributed by atoms with van der Waals surface area (Å²) < 4.78 is -0.169. The molecule has 65 heavy (non-hydrogen) atoms. The highest BCUT2D eigenvalue weighted by molar-refractivity contribution is 6.82. The minimum atomic E-state index is -0.408. The number of likely N-dealkylation sites (tertiary alicyclic amines) is 1. The highest BCUT2D eigenvalue weighted by atomic mass is 16.5. The summed E-state index contributed by atoms with van der Waals surface area (Å²) in [7, 11) is 2.10. The van der Waals surface area contributed by atoms with Crippen molar-refractivity contribution in [2.75, 3.05) is 20.1 Å². The number of benzene rings is 18. The lowest BCUT2D eigenvalue weighted by atomic mass is 9.50. The lowest BCUT2D eigenvalue weighted by Crippen LogP contribution is -2.51. The van der Waals surface area contributed by atoms with E-state index in [0.717, 1.165) is 0 Å². The van der Waals surface area contributed by atoms with Gasteiger partial charge in [0, 0.05) is 0 Å². The van der Waals surface area contributed by atoms with E-state index in [0.29, 0.717) is 13.1 Å². The first-order valence-corrected chi connectivity index (χ1v) is 24.5. The first-order valence-electron chi connectivity index (χ1n) is 24.5. The molecule has 1 heterocycles. The highest BCUT2D eigenvalue weighted by Crippen LogP contribution is 2.85. The van der Waals surface area contributed by atoms with Crippen molar-refractivity contribution in [3.8, 4) is 0 Å². The van der Waals surface area contributed by atoms with Crippen molar-refractivity contribution in [2.24, 2.45) is 0 Å². The molecule has 0 amide bonds. The second-order valence-electron chi connectivity index (χ2n) is 25.2. The van der Waals surface area contributed by atoms with Crippen LogP contribution in [0.3, 0.4) is 0 Å². The van der Waals surface area contributed by atoms with Gasteiger partial charge in [-0.3, -0.25) is 0 Å². The van der Waals surface area contributed by atoms with Crippen LogP contribution in [0.5, 0.6) is 0 Å². The minimum absolute atomic E-state index is 0.169. The Morgan fingerprint density at radius 2 is 0.292 bits per heavy atom. The zero-order chi connectivity index (χ0) is 38.4. The Bertz CT molecular complexity index is 6440. The quantitative estimate of drug-likeness (QED) is 0.0852. The van der Waals surface area contributed by atoms with Crippen molar-refractivity contribution in [1.29, 1.82) is 0 Å². The first kappa shape index (κ1) is 23.4. The van der Waals surface area contributed by atoms with Gasteiger partial charge in [0.2, 0.25) is 0 Å². The molecule has 2 heteroatoms. The summed E-state index contributed by atoms with van der Waals surface area (Å²) in [6, 6.07) is 0. The fraction of sp³-hybridized carbons (Fsp3) is 0.0794. The fourth-order valence-electron chi connectivity index (χ4n) is 25.2.